The molecule has 1 saturated heterocycles. The Hall–Kier alpha value is -1.91. The molecule has 0 aromatic carbocycles. The summed E-state index contributed by atoms with van der Waals surface area (Å²) in [5.74, 6) is 0.750. The van der Waals surface area contributed by atoms with E-state index in [0.29, 0.717) is 18.9 Å². The minimum atomic E-state index is -0.0377. The molecule has 1 aliphatic rings. The first-order valence-corrected chi connectivity index (χ1v) is 7.49. The molecule has 2 amide bonds. The topological polar surface area (TPSA) is 62.3 Å². The van der Waals surface area contributed by atoms with Crippen molar-refractivity contribution in [1.29, 1.82) is 0 Å². The number of piperidine rings is 1. The van der Waals surface area contributed by atoms with Gasteiger partial charge in [-0.05, 0) is 31.4 Å². The minimum absolute atomic E-state index is 0.00278. The molecule has 0 aliphatic carbocycles. The molecule has 0 unspecified atom stereocenters. The highest BCUT2D eigenvalue weighted by Gasteiger charge is 2.28. The van der Waals surface area contributed by atoms with Crippen LogP contribution in [-0.4, -0.2) is 34.8 Å². The quantitative estimate of drug-likeness (QED) is 0.928. The zero-order valence-electron chi connectivity index (χ0n) is 12.9. The molecular weight excluding hydrogens is 266 g/mol. The molecule has 0 saturated carbocycles. The zero-order chi connectivity index (χ0) is 15.4. The maximum absolute atomic E-state index is 12.2. The number of pyridine rings is 1. The Morgan fingerprint density at radius 2 is 1.95 bits per heavy atom. The summed E-state index contributed by atoms with van der Waals surface area (Å²) < 4.78 is 0. The van der Waals surface area contributed by atoms with Crippen molar-refractivity contribution in [3.8, 4) is 0 Å². The fourth-order valence-corrected chi connectivity index (χ4v) is 2.50. The molecule has 0 bridgehead atoms. The van der Waals surface area contributed by atoms with Crippen LogP contribution in [0.3, 0.4) is 0 Å². The lowest BCUT2D eigenvalue weighted by Crippen LogP contribution is -2.43. The van der Waals surface area contributed by atoms with E-state index in [1.54, 1.807) is 6.20 Å². The van der Waals surface area contributed by atoms with E-state index in [9.17, 15) is 9.59 Å². The molecule has 0 atom stereocenters. The van der Waals surface area contributed by atoms with Gasteiger partial charge in [0, 0.05) is 31.1 Å². The van der Waals surface area contributed by atoms with E-state index in [1.165, 1.54) is 0 Å². The molecule has 1 aliphatic heterocycles. The number of likely N-dealkylation sites (tertiary alicyclic amines) is 1. The standard InChI is InChI=1S/C16H23N3O2/c1-11(2)16(21)19-8-6-13(7-9-19)15(20)18-14-5-4-12(3)10-17-14/h4-5,10-11,13H,6-9H2,1-3H3,(H,17,18,20). The van der Waals surface area contributed by atoms with Crippen LogP contribution in [0.1, 0.15) is 32.3 Å². The molecule has 114 valence electrons. The number of carbonyl (C=O) groups excluding carboxylic acids is 2. The number of hydrogen-bond donors (Lipinski definition) is 1. The third kappa shape index (κ3) is 4.03. The van der Waals surface area contributed by atoms with E-state index < -0.39 is 0 Å². The van der Waals surface area contributed by atoms with E-state index in [0.717, 1.165) is 18.4 Å². The molecule has 5 nitrogen and oxygen atoms in total. The first kappa shape index (κ1) is 15.5. The molecule has 2 heterocycles. The van der Waals surface area contributed by atoms with Crippen LogP contribution in [-0.2, 0) is 9.59 Å². The Morgan fingerprint density at radius 1 is 1.29 bits per heavy atom. The number of anilines is 1. The van der Waals surface area contributed by atoms with Crippen LogP contribution < -0.4 is 5.32 Å². The summed E-state index contributed by atoms with van der Waals surface area (Å²) in [7, 11) is 0. The first-order valence-electron chi connectivity index (χ1n) is 7.49. The van der Waals surface area contributed by atoms with Gasteiger partial charge in [0.05, 0.1) is 0 Å². The average molecular weight is 289 g/mol. The molecule has 2 rings (SSSR count). The molecule has 1 N–H and O–H groups in total. The summed E-state index contributed by atoms with van der Waals surface area (Å²) >= 11 is 0. The van der Waals surface area contributed by atoms with Gasteiger partial charge in [0.2, 0.25) is 11.8 Å². The van der Waals surface area contributed by atoms with Gasteiger partial charge in [-0.3, -0.25) is 9.59 Å². The summed E-state index contributed by atoms with van der Waals surface area (Å²) in [6, 6.07) is 3.73. The average Bonchev–Trinajstić information content (AvgIpc) is 2.49. The molecule has 0 spiro atoms. The van der Waals surface area contributed by atoms with Gasteiger partial charge in [-0.15, -0.1) is 0 Å². The van der Waals surface area contributed by atoms with Crippen molar-refractivity contribution in [2.75, 3.05) is 18.4 Å². The number of amides is 2. The highest BCUT2D eigenvalue weighted by Crippen LogP contribution is 2.20. The maximum Gasteiger partial charge on any atom is 0.228 e. The fraction of sp³-hybridized carbons (Fsp3) is 0.562. The molecule has 21 heavy (non-hydrogen) atoms. The van der Waals surface area contributed by atoms with Crippen molar-refractivity contribution in [1.82, 2.24) is 9.88 Å². The molecule has 0 radical (unpaired) electrons. The van der Waals surface area contributed by atoms with Crippen molar-refractivity contribution in [2.24, 2.45) is 11.8 Å². The lowest BCUT2D eigenvalue weighted by molar-refractivity contribution is -0.137. The summed E-state index contributed by atoms with van der Waals surface area (Å²) in [4.78, 5) is 30.2. The zero-order valence-corrected chi connectivity index (χ0v) is 12.9. The maximum atomic E-state index is 12.2. The second-order valence-electron chi connectivity index (χ2n) is 5.96. The number of aryl methyl sites for hydroxylation is 1. The Kier molecular flexibility index (Phi) is 4.94. The number of aromatic nitrogens is 1. The number of nitrogens with one attached hydrogen (secondary N) is 1. The van der Waals surface area contributed by atoms with Crippen LogP contribution in [0, 0.1) is 18.8 Å². The summed E-state index contributed by atoms with van der Waals surface area (Å²) in [5.41, 5.74) is 1.06. The van der Waals surface area contributed by atoms with E-state index >= 15 is 0 Å². The number of rotatable bonds is 3. The Bertz CT molecular complexity index is 503. The molecule has 1 fully saturated rings. The molecular formula is C16H23N3O2. The Labute approximate surface area is 125 Å². The monoisotopic (exact) mass is 289 g/mol. The van der Waals surface area contributed by atoms with Gasteiger partial charge in [0.25, 0.3) is 0 Å². The summed E-state index contributed by atoms with van der Waals surface area (Å²) in [5, 5.41) is 2.85. The van der Waals surface area contributed by atoms with Crippen molar-refractivity contribution in [2.45, 2.75) is 33.6 Å². The minimum Gasteiger partial charge on any atom is -0.342 e. The highest BCUT2D eigenvalue weighted by atomic mass is 16.2. The van der Waals surface area contributed by atoms with Gasteiger partial charge >= 0.3 is 0 Å². The summed E-state index contributed by atoms with van der Waals surface area (Å²) in [6.07, 6.45) is 3.17. The smallest absolute Gasteiger partial charge is 0.228 e. The van der Waals surface area contributed by atoms with Gasteiger partial charge in [-0.2, -0.15) is 0 Å². The predicted octanol–water partition coefficient (Wildman–Crippen LogP) is 2.22. The number of hydrogen-bond acceptors (Lipinski definition) is 3. The van der Waals surface area contributed by atoms with E-state index in [4.69, 9.17) is 0 Å². The number of carbonyl (C=O) groups is 2. The van der Waals surface area contributed by atoms with Crippen molar-refractivity contribution < 1.29 is 9.59 Å². The number of nitrogens with zero attached hydrogens (tertiary/aromatic N) is 2. The van der Waals surface area contributed by atoms with Gasteiger partial charge in [-0.25, -0.2) is 4.98 Å². The van der Waals surface area contributed by atoms with Crippen LogP contribution in [0.15, 0.2) is 18.3 Å². The Morgan fingerprint density at radius 3 is 2.48 bits per heavy atom. The van der Waals surface area contributed by atoms with Crippen molar-refractivity contribution in [3.05, 3.63) is 23.9 Å². The third-order valence-electron chi connectivity index (χ3n) is 3.83. The van der Waals surface area contributed by atoms with E-state index in [2.05, 4.69) is 10.3 Å². The second kappa shape index (κ2) is 6.70. The van der Waals surface area contributed by atoms with Crippen LogP contribution in [0.2, 0.25) is 0 Å². The lowest BCUT2D eigenvalue weighted by atomic mass is 9.95. The van der Waals surface area contributed by atoms with E-state index in [-0.39, 0.29) is 23.7 Å². The van der Waals surface area contributed by atoms with Gasteiger partial charge < -0.3 is 10.2 Å². The second-order valence-corrected chi connectivity index (χ2v) is 5.96. The fourth-order valence-electron chi connectivity index (χ4n) is 2.50. The van der Waals surface area contributed by atoms with Crippen LogP contribution in [0.25, 0.3) is 0 Å². The van der Waals surface area contributed by atoms with Gasteiger partial charge in [0.15, 0.2) is 0 Å². The highest BCUT2D eigenvalue weighted by molar-refractivity contribution is 5.91. The molecule has 5 heteroatoms. The summed E-state index contributed by atoms with van der Waals surface area (Å²) in [6.45, 7) is 7.10. The van der Waals surface area contributed by atoms with Crippen molar-refractivity contribution >= 4 is 17.6 Å². The largest absolute Gasteiger partial charge is 0.342 e. The van der Waals surface area contributed by atoms with Crippen molar-refractivity contribution in [3.63, 3.8) is 0 Å². The molecule has 1 aromatic heterocycles. The molecule has 1 aromatic rings. The van der Waals surface area contributed by atoms with Crippen LogP contribution >= 0.6 is 0 Å². The third-order valence-corrected chi connectivity index (χ3v) is 3.83. The normalized spacial score (nSPS) is 16.1. The predicted molar refractivity (Wildman–Crippen MR) is 81.7 cm³/mol. The van der Waals surface area contributed by atoms with Gasteiger partial charge in [0.1, 0.15) is 5.82 Å². The first-order chi connectivity index (χ1) is 9.97. The Balaban J connectivity index is 1.86. The lowest BCUT2D eigenvalue weighted by Gasteiger charge is -2.32. The van der Waals surface area contributed by atoms with E-state index in [1.807, 2.05) is 37.8 Å². The SMILES string of the molecule is Cc1ccc(NC(=O)C2CCN(C(=O)C(C)C)CC2)nc1. The van der Waals surface area contributed by atoms with Crippen LogP contribution in [0.4, 0.5) is 5.82 Å². The van der Waals surface area contributed by atoms with Crippen LogP contribution in [0.5, 0.6) is 0 Å². The van der Waals surface area contributed by atoms with Gasteiger partial charge in [-0.1, -0.05) is 19.9 Å².